The highest BCUT2D eigenvalue weighted by molar-refractivity contribution is 5.93. The Morgan fingerprint density at radius 3 is 2.47 bits per heavy atom. The van der Waals surface area contributed by atoms with Crippen LogP contribution in [-0.4, -0.2) is 60.0 Å². The van der Waals surface area contributed by atoms with Crippen LogP contribution in [0.25, 0.3) is 0 Å². The van der Waals surface area contributed by atoms with Crippen LogP contribution >= 0.6 is 0 Å². The maximum atomic E-state index is 14.6. The Kier molecular flexibility index (Phi) is 6.78. The lowest BCUT2D eigenvalue weighted by molar-refractivity contribution is -0.157. The lowest BCUT2D eigenvalue weighted by Gasteiger charge is -2.32. The molecule has 0 aliphatic heterocycles. The van der Waals surface area contributed by atoms with Crippen molar-refractivity contribution in [1.82, 2.24) is 10.6 Å². The van der Waals surface area contributed by atoms with Crippen LogP contribution in [0, 0.1) is 11.8 Å². The first kappa shape index (κ1) is 23.6. The SMILES string of the molecule is C=CC(=O)O[C@H]1[C@H]2[C@@H]1C(NC(=O)[C@@H](C)NC(=O)OC(C)(C)C)(C(=O)OCC)C[C@H]2F. The number of alkyl halides is 1. The molecule has 2 N–H and O–H groups in total. The molecule has 2 rings (SSSR count). The van der Waals surface area contributed by atoms with Crippen molar-refractivity contribution in [2.45, 2.75) is 70.5 Å². The Hall–Kier alpha value is -2.65. The zero-order valence-electron chi connectivity index (χ0n) is 17.8. The molecule has 6 atom stereocenters. The molecule has 0 aromatic rings. The number of carbonyl (C=O) groups excluding carboxylic acids is 4. The molecule has 2 aliphatic rings. The molecule has 0 bridgehead atoms. The van der Waals surface area contributed by atoms with E-state index in [2.05, 4.69) is 17.2 Å². The van der Waals surface area contributed by atoms with Crippen molar-refractivity contribution in [1.29, 1.82) is 0 Å². The Labute approximate surface area is 174 Å². The van der Waals surface area contributed by atoms with Gasteiger partial charge in [-0.05, 0) is 34.6 Å². The summed E-state index contributed by atoms with van der Waals surface area (Å²) in [6, 6.07) is -1.07. The van der Waals surface area contributed by atoms with Crippen LogP contribution in [0.1, 0.15) is 41.0 Å². The molecule has 0 spiro atoms. The lowest BCUT2D eigenvalue weighted by atomic mass is 9.91. The van der Waals surface area contributed by atoms with E-state index in [1.807, 2.05) is 0 Å². The van der Waals surface area contributed by atoms with Crippen molar-refractivity contribution in [2.24, 2.45) is 11.8 Å². The number of hydrogen-bond donors (Lipinski definition) is 2. The van der Waals surface area contributed by atoms with Gasteiger partial charge in [0.15, 0.2) is 0 Å². The fraction of sp³-hybridized carbons (Fsp3) is 0.700. The molecule has 30 heavy (non-hydrogen) atoms. The van der Waals surface area contributed by atoms with Crippen LogP contribution in [0.3, 0.4) is 0 Å². The largest absolute Gasteiger partial charge is 0.464 e. The van der Waals surface area contributed by atoms with Gasteiger partial charge in [-0.2, -0.15) is 0 Å². The summed E-state index contributed by atoms with van der Waals surface area (Å²) in [4.78, 5) is 48.9. The summed E-state index contributed by atoms with van der Waals surface area (Å²) in [5.41, 5.74) is -2.46. The van der Waals surface area contributed by atoms with E-state index in [9.17, 15) is 23.6 Å². The number of hydrogen-bond acceptors (Lipinski definition) is 7. The van der Waals surface area contributed by atoms with Crippen LogP contribution in [-0.2, 0) is 28.6 Å². The fourth-order valence-electron chi connectivity index (χ4n) is 3.80. The monoisotopic (exact) mass is 428 g/mol. The van der Waals surface area contributed by atoms with Crippen molar-refractivity contribution >= 4 is 23.9 Å². The number of nitrogens with one attached hydrogen (secondary N) is 2. The minimum atomic E-state index is -1.70. The average molecular weight is 428 g/mol. The van der Waals surface area contributed by atoms with E-state index in [4.69, 9.17) is 14.2 Å². The standard InChI is InChI=1S/C20H29FN2O7/c1-7-12(24)29-15-13-11(21)9-20(14(13)15,17(26)28-8-2)23-16(25)10(3)22-18(27)30-19(4,5)6/h7,10-11,13-15H,1,8-9H2,2-6H3,(H,22,27)(H,23,25)/t10-,11-,13-,14+,15+,20?/m1/s1. The van der Waals surface area contributed by atoms with E-state index in [-0.39, 0.29) is 13.0 Å². The number of amides is 2. The van der Waals surface area contributed by atoms with E-state index in [0.717, 1.165) is 6.08 Å². The summed E-state index contributed by atoms with van der Waals surface area (Å²) in [5, 5.41) is 4.92. The first-order valence-electron chi connectivity index (χ1n) is 9.82. The average Bonchev–Trinajstić information content (AvgIpc) is 3.24. The summed E-state index contributed by atoms with van der Waals surface area (Å²) >= 11 is 0. The van der Waals surface area contributed by atoms with E-state index in [1.165, 1.54) is 6.92 Å². The van der Waals surface area contributed by atoms with Gasteiger partial charge in [-0.25, -0.2) is 18.8 Å². The maximum Gasteiger partial charge on any atom is 0.408 e. The van der Waals surface area contributed by atoms with Crippen LogP contribution in [0.15, 0.2) is 12.7 Å². The molecule has 0 heterocycles. The topological polar surface area (TPSA) is 120 Å². The van der Waals surface area contributed by atoms with Crippen LogP contribution in [0.5, 0.6) is 0 Å². The highest BCUT2D eigenvalue weighted by atomic mass is 19.1. The zero-order valence-corrected chi connectivity index (χ0v) is 17.8. The second kappa shape index (κ2) is 8.61. The Morgan fingerprint density at radius 2 is 1.93 bits per heavy atom. The molecule has 168 valence electrons. The third-order valence-electron chi connectivity index (χ3n) is 5.04. The number of fused-ring (bicyclic) bond motifs is 1. The summed E-state index contributed by atoms with van der Waals surface area (Å²) < 4.78 is 30.0. The molecule has 2 amide bonds. The number of alkyl carbamates (subject to hydrolysis) is 1. The number of ether oxygens (including phenoxy) is 3. The Balaban J connectivity index is 2.17. The molecule has 2 aliphatic carbocycles. The van der Waals surface area contributed by atoms with Gasteiger partial charge in [0, 0.05) is 24.3 Å². The quantitative estimate of drug-likeness (QED) is 0.357. The van der Waals surface area contributed by atoms with Crippen molar-refractivity contribution in [2.75, 3.05) is 6.61 Å². The molecular formula is C20H29FN2O7. The molecule has 0 aromatic heterocycles. The molecule has 10 heteroatoms. The van der Waals surface area contributed by atoms with Gasteiger partial charge in [0.2, 0.25) is 5.91 Å². The van der Waals surface area contributed by atoms with Crippen molar-refractivity contribution in [3.63, 3.8) is 0 Å². The summed E-state index contributed by atoms with van der Waals surface area (Å²) in [6.07, 6.45) is -2.53. The number of halogens is 1. The first-order chi connectivity index (χ1) is 13.9. The molecule has 9 nitrogen and oxygen atoms in total. The van der Waals surface area contributed by atoms with E-state index >= 15 is 0 Å². The normalized spacial score (nSPS) is 30.3. The molecular weight excluding hydrogens is 399 g/mol. The van der Waals surface area contributed by atoms with Gasteiger partial charge in [-0.1, -0.05) is 6.58 Å². The first-order valence-corrected chi connectivity index (χ1v) is 9.82. The zero-order chi connectivity index (χ0) is 22.9. The minimum Gasteiger partial charge on any atom is -0.464 e. The lowest BCUT2D eigenvalue weighted by Crippen LogP contribution is -2.61. The van der Waals surface area contributed by atoms with Gasteiger partial charge >= 0.3 is 18.0 Å². The van der Waals surface area contributed by atoms with Gasteiger partial charge in [0.05, 0.1) is 6.61 Å². The van der Waals surface area contributed by atoms with E-state index < -0.39 is 65.2 Å². The molecule has 0 saturated heterocycles. The second-order valence-corrected chi connectivity index (χ2v) is 8.48. The van der Waals surface area contributed by atoms with Crippen LogP contribution in [0.2, 0.25) is 0 Å². The van der Waals surface area contributed by atoms with Crippen LogP contribution in [0.4, 0.5) is 9.18 Å². The molecule has 0 aromatic carbocycles. The van der Waals surface area contributed by atoms with Crippen molar-refractivity contribution < 1.29 is 37.8 Å². The highest BCUT2D eigenvalue weighted by Gasteiger charge is 2.76. The summed E-state index contributed by atoms with van der Waals surface area (Å²) in [6.45, 7) is 11.3. The van der Waals surface area contributed by atoms with E-state index in [1.54, 1.807) is 27.7 Å². The van der Waals surface area contributed by atoms with Crippen molar-refractivity contribution in [3.8, 4) is 0 Å². The van der Waals surface area contributed by atoms with Crippen LogP contribution < -0.4 is 10.6 Å². The third-order valence-corrected chi connectivity index (χ3v) is 5.04. The van der Waals surface area contributed by atoms with Crippen molar-refractivity contribution in [3.05, 3.63) is 12.7 Å². The molecule has 2 fully saturated rings. The minimum absolute atomic E-state index is 0.0214. The molecule has 1 unspecified atom stereocenters. The van der Waals surface area contributed by atoms with Gasteiger partial charge in [0.1, 0.15) is 29.5 Å². The number of rotatable bonds is 7. The maximum absolute atomic E-state index is 14.6. The molecule has 0 radical (unpaired) electrons. The highest BCUT2D eigenvalue weighted by Crippen LogP contribution is 2.60. The number of carbonyl (C=O) groups is 4. The fourth-order valence-corrected chi connectivity index (χ4v) is 3.80. The predicted molar refractivity (Wildman–Crippen MR) is 103 cm³/mol. The summed E-state index contributed by atoms with van der Waals surface area (Å²) in [7, 11) is 0. The molecule has 2 saturated carbocycles. The van der Waals surface area contributed by atoms with Gasteiger partial charge < -0.3 is 24.8 Å². The number of esters is 2. The van der Waals surface area contributed by atoms with Gasteiger partial charge in [-0.3, -0.25) is 4.79 Å². The predicted octanol–water partition coefficient (Wildman–Crippen LogP) is 1.40. The van der Waals surface area contributed by atoms with Gasteiger partial charge in [-0.15, -0.1) is 0 Å². The third kappa shape index (κ3) is 4.91. The van der Waals surface area contributed by atoms with E-state index in [0.29, 0.717) is 0 Å². The Morgan fingerprint density at radius 1 is 1.30 bits per heavy atom. The second-order valence-electron chi connectivity index (χ2n) is 8.48. The smallest absolute Gasteiger partial charge is 0.408 e. The summed E-state index contributed by atoms with van der Waals surface area (Å²) in [5.74, 6) is -3.77. The Bertz CT molecular complexity index is 735. The van der Waals surface area contributed by atoms with Gasteiger partial charge in [0.25, 0.3) is 0 Å².